The number of hydrogen-bond acceptors (Lipinski definition) is 30. The van der Waals surface area contributed by atoms with Crippen LogP contribution in [0.1, 0.15) is 11.1 Å². The second kappa shape index (κ2) is 26.8. The molecule has 460 valence electrons. The molecule has 0 spiro atoms. The van der Waals surface area contributed by atoms with Gasteiger partial charge in [-0.2, -0.15) is 0 Å². The van der Waals surface area contributed by atoms with E-state index < -0.39 is 175 Å². The highest BCUT2D eigenvalue weighted by molar-refractivity contribution is 5.89. The summed E-state index contributed by atoms with van der Waals surface area (Å²) in [7, 11) is 5.10. The molecule has 8 rings (SSSR count). The van der Waals surface area contributed by atoms with Crippen LogP contribution in [0, 0.1) is 0 Å². The Labute approximate surface area is 479 Å². The van der Waals surface area contributed by atoms with Gasteiger partial charge in [-0.3, -0.25) is 4.79 Å². The lowest BCUT2D eigenvalue weighted by molar-refractivity contribution is -0.282. The second-order valence-corrected chi connectivity index (χ2v) is 19.1. The Bertz CT molecular complexity index is 3270. The number of esters is 2. The van der Waals surface area contributed by atoms with E-state index in [0.29, 0.717) is 5.56 Å². The maximum atomic E-state index is 14.7. The van der Waals surface area contributed by atoms with Crippen molar-refractivity contribution >= 4 is 35.1 Å². The van der Waals surface area contributed by atoms with E-state index in [2.05, 4.69) is 0 Å². The highest BCUT2D eigenvalue weighted by atomic mass is 16.7. The maximum absolute atomic E-state index is 14.7. The molecule has 0 aliphatic carbocycles. The van der Waals surface area contributed by atoms with E-state index in [1.807, 2.05) is 0 Å². The lowest BCUT2D eigenvalue weighted by Crippen LogP contribution is -2.61. The molecular formula is C55H60O30. The number of benzene rings is 4. The molecule has 0 bridgehead atoms. The summed E-state index contributed by atoms with van der Waals surface area (Å²) in [5, 5.41) is 150. The van der Waals surface area contributed by atoms with Crippen LogP contribution in [0.3, 0.4) is 0 Å². The van der Waals surface area contributed by atoms with Crippen molar-refractivity contribution < 1.29 is 142 Å². The van der Waals surface area contributed by atoms with E-state index in [0.717, 1.165) is 42.5 Å². The first-order valence-electron chi connectivity index (χ1n) is 25.5. The van der Waals surface area contributed by atoms with Crippen molar-refractivity contribution in [1.82, 2.24) is 0 Å². The lowest BCUT2D eigenvalue weighted by atomic mass is 9.99. The van der Waals surface area contributed by atoms with Gasteiger partial charge in [-0.25, -0.2) is 9.59 Å². The number of methoxy groups -OCH3 is 4. The summed E-state index contributed by atoms with van der Waals surface area (Å²) in [5.41, 5.74) is -1.55. The highest BCUT2D eigenvalue weighted by Gasteiger charge is 2.50. The molecule has 3 aliphatic heterocycles. The molecule has 0 saturated carbocycles. The minimum Gasteiger partial charge on any atom is -0.508 e. The Kier molecular flexibility index (Phi) is 19.8. The third-order valence-electron chi connectivity index (χ3n) is 13.7. The van der Waals surface area contributed by atoms with Gasteiger partial charge in [-0.05, 0) is 65.7 Å². The van der Waals surface area contributed by atoms with Crippen LogP contribution >= 0.6 is 0 Å². The van der Waals surface area contributed by atoms with Gasteiger partial charge in [0.1, 0.15) is 96.2 Å². The molecule has 3 aliphatic rings. The molecule has 30 heteroatoms. The lowest BCUT2D eigenvalue weighted by Gasteiger charge is -2.41. The number of aliphatic hydroxyl groups is 10. The fourth-order valence-electron chi connectivity index (χ4n) is 9.10. The van der Waals surface area contributed by atoms with Crippen LogP contribution in [0.25, 0.3) is 34.4 Å². The van der Waals surface area contributed by atoms with Crippen LogP contribution in [-0.4, -0.2) is 224 Å². The van der Waals surface area contributed by atoms with Crippen molar-refractivity contribution in [3.05, 3.63) is 88.1 Å². The molecule has 0 radical (unpaired) electrons. The van der Waals surface area contributed by atoms with Crippen molar-refractivity contribution in [1.29, 1.82) is 0 Å². The number of phenolic OH excluding ortho intramolecular Hbond substituents is 4. The van der Waals surface area contributed by atoms with Crippen molar-refractivity contribution in [3.63, 3.8) is 0 Å². The smallest absolute Gasteiger partial charge is 0.331 e. The van der Waals surface area contributed by atoms with Crippen LogP contribution in [0.4, 0.5) is 0 Å². The summed E-state index contributed by atoms with van der Waals surface area (Å²) in [6.07, 6.45) is -25.1. The first-order valence-corrected chi connectivity index (χ1v) is 25.5. The fourth-order valence-corrected chi connectivity index (χ4v) is 9.10. The SMILES string of the molecule is COc1cc(/C=C\C(=O)OC[C@@H]2O[C@@H](Oc3cc(-c4oc5cc(O)cc(O)c5c(=O)c4O[C@H]4O[C@@H](CO)[C@@H](O)[C@H](O)[C@H]4OC(=O)/C=C\c4cc(OC)c(O)c(OC)c4)ccc3O[C@H]3O[C@@H](CO)[C@@H](O)[C@H](O)[C@H]3O)[C@H](O)[C@@H](O)[C@@H]2O)cc(OC)c1O. The molecular weight excluding hydrogens is 1140 g/mol. The zero-order valence-corrected chi connectivity index (χ0v) is 45.1. The number of aliphatic hydroxyl groups excluding tert-OH is 10. The Balaban J connectivity index is 1.17. The molecule has 15 atom stereocenters. The molecule has 5 aromatic rings. The number of hydrogen-bond donors (Lipinski definition) is 14. The van der Waals surface area contributed by atoms with Crippen LogP contribution in [-0.2, 0) is 33.3 Å². The minimum atomic E-state index is -2.17. The topological polar surface area (TPSA) is 458 Å². The zero-order valence-electron chi connectivity index (χ0n) is 45.1. The second-order valence-electron chi connectivity index (χ2n) is 19.1. The summed E-state index contributed by atoms with van der Waals surface area (Å²) in [5.74, 6) is -7.22. The van der Waals surface area contributed by atoms with Gasteiger partial charge in [0.05, 0.1) is 41.7 Å². The molecule has 0 amide bonds. The molecule has 85 heavy (non-hydrogen) atoms. The average molecular weight is 1200 g/mol. The van der Waals surface area contributed by atoms with E-state index in [-0.39, 0.29) is 45.6 Å². The third-order valence-corrected chi connectivity index (χ3v) is 13.7. The number of carbonyl (C=O) groups is 2. The number of aromatic hydroxyl groups is 4. The maximum Gasteiger partial charge on any atom is 0.331 e. The van der Waals surface area contributed by atoms with Gasteiger partial charge in [-0.15, -0.1) is 0 Å². The van der Waals surface area contributed by atoms with Crippen LogP contribution < -0.4 is 38.6 Å². The quantitative estimate of drug-likeness (QED) is 0.0308. The average Bonchev–Trinajstić information content (AvgIpc) is 3.64. The van der Waals surface area contributed by atoms with Crippen molar-refractivity contribution in [2.24, 2.45) is 0 Å². The van der Waals surface area contributed by atoms with Crippen molar-refractivity contribution in [3.8, 4) is 74.6 Å². The van der Waals surface area contributed by atoms with Gasteiger partial charge in [0, 0.05) is 29.8 Å². The van der Waals surface area contributed by atoms with E-state index in [1.54, 1.807) is 0 Å². The number of phenols is 4. The number of fused-ring (bicyclic) bond motifs is 1. The van der Waals surface area contributed by atoms with Crippen molar-refractivity contribution in [2.75, 3.05) is 48.3 Å². The van der Waals surface area contributed by atoms with Gasteiger partial charge in [0.15, 0.2) is 46.4 Å². The monoisotopic (exact) mass is 1200 g/mol. The Morgan fingerprint density at radius 3 is 1.54 bits per heavy atom. The molecule has 30 nitrogen and oxygen atoms in total. The van der Waals surface area contributed by atoms with Crippen molar-refractivity contribution in [2.45, 2.75) is 92.1 Å². The first kappa shape index (κ1) is 62.8. The normalized spacial score (nSPS) is 27.8. The predicted molar refractivity (Wildman–Crippen MR) is 283 cm³/mol. The largest absolute Gasteiger partial charge is 0.508 e. The van der Waals surface area contributed by atoms with E-state index in [9.17, 15) is 85.9 Å². The summed E-state index contributed by atoms with van der Waals surface area (Å²) < 4.78 is 72.8. The first-order chi connectivity index (χ1) is 40.5. The summed E-state index contributed by atoms with van der Waals surface area (Å²) in [4.78, 5) is 41.2. The molecule has 14 N–H and O–H groups in total. The molecule has 4 aromatic carbocycles. The minimum absolute atomic E-state index is 0.0117. The van der Waals surface area contributed by atoms with E-state index in [1.165, 1.54) is 64.9 Å². The third kappa shape index (κ3) is 13.4. The molecule has 0 unspecified atom stereocenters. The van der Waals surface area contributed by atoms with E-state index >= 15 is 0 Å². The van der Waals surface area contributed by atoms with Gasteiger partial charge < -0.3 is 133 Å². The van der Waals surface area contributed by atoms with Gasteiger partial charge in [0.2, 0.25) is 41.5 Å². The van der Waals surface area contributed by atoms with Crippen LogP contribution in [0.5, 0.6) is 63.2 Å². The Morgan fingerprint density at radius 2 is 1.01 bits per heavy atom. The number of rotatable bonds is 20. The Hall–Kier alpha value is -8.21. The molecule has 4 heterocycles. The standard InChI is InChI=1S/C55H60O30/c1-73-29-11-21(12-30(74-2)39(29)62)5-9-36(60)77-20-35-43(66)46(69)49(72)54(83-35)80-27-15-23(7-8-26(27)79-53-48(71)45(68)41(64)33(18-56)81-53)50-51(44(67)38-25(59)16-24(58)17-28(38)78-50)85-55-52(47(70)42(65)34(19-57)82-55)84-37(61)10-6-22-13-31(75-3)40(63)32(14-22)76-4/h5-17,33-35,41-43,45-49,52-59,62-66,68-72H,18-20H2,1-4H3/b9-5-,10-6-/t33-,34-,35-,41+,42+,43+,45-,46-,47-,48+,49+,52+,53-,54+,55+/m0/s1. The van der Waals surface area contributed by atoms with Gasteiger partial charge >= 0.3 is 11.9 Å². The summed E-state index contributed by atoms with van der Waals surface area (Å²) >= 11 is 0. The van der Waals surface area contributed by atoms with E-state index in [4.69, 9.17) is 61.3 Å². The predicted octanol–water partition coefficient (Wildman–Crippen LogP) is -1.62. The highest BCUT2D eigenvalue weighted by Crippen LogP contribution is 2.43. The molecule has 3 fully saturated rings. The number of carbonyl (C=O) groups excluding carboxylic acids is 2. The molecule has 3 saturated heterocycles. The van der Waals surface area contributed by atoms with Gasteiger partial charge in [-0.1, -0.05) is 0 Å². The van der Waals surface area contributed by atoms with Gasteiger partial charge in [0.25, 0.3) is 0 Å². The van der Waals surface area contributed by atoms with Crippen LogP contribution in [0.2, 0.25) is 0 Å². The molecule has 1 aromatic heterocycles. The zero-order chi connectivity index (χ0) is 61.7. The summed E-state index contributed by atoms with van der Waals surface area (Å²) in [6.45, 7) is -2.70. The number of ether oxygens (including phenoxy) is 12. The Morgan fingerprint density at radius 1 is 0.529 bits per heavy atom. The van der Waals surface area contributed by atoms with Crippen LogP contribution in [0.15, 0.2) is 76.0 Å². The summed E-state index contributed by atoms with van der Waals surface area (Å²) in [6, 6.07) is 10.2. The fraction of sp³-hybridized carbons (Fsp3) is 0.400.